The average molecular weight is 192 g/mol. The molecule has 0 radical (unpaired) electrons. The molecule has 0 bridgehead atoms. The van der Waals surface area contributed by atoms with Crippen molar-refractivity contribution in [2.24, 2.45) is 0 Å². The molecule has 13 heavy (non-hydrogen) atoms. The average Bonchev–Trinajstić information content (AvgIpc) is 2.19. The molecule has 1 aromatic rings. The Morgan fingerprint density at radius 2 is 2.08 bits per heavy atom. The summed E-state index contributed by atoms with van der Waals surface area (Å²) in [6, 6.07) is 10.3. The summed E-state index contributed by atoms with van der Waals surface area (Å²) in [5, 5.41) is 0. The van der Waals surface area contributed by atoms with Gasteiger partial charge in [-0.05, 0) is 18.9 Å². The fraction of sp³-hybridized carbons (Fsp3) is 0.273. The molecule has 1 unspecified atom stereocenters. The van der Waals surface area contributed by atoms with Gasteiger partial charge in [0, 0.05) is 0 Å². The fourth-order valence-electron chi connectivity index (χ4n) is 1.39. The van der Waals surface area contributed by atoms with Gasteiger partial charge in [0.2, 0.25) is 0 Å². The molecule has 0 saturated carbocycles. The van der Waals surface area contributed by atoms with Crippen molar-refractivity contribution in [2.45, 2.75) is 18.9 Å². The third-order valence-electron chi connectivity index (χ3n) is 2.37. The van der Waals surface area contributed by atoms with Crippen molar-refractivity contribution in [1.82, 2.24) is 0 Å². The molecule has 0 fully saturated rings. The summed E-state index contributed by atoms with van der Waals surface area (Å²) in [6.45, 7) is 5.86. The number of benzene rings is 1. The Morgan fingerprint density at radius 3 is 2.54 bits per heavy atom. The van der Waals surface area contributed by atoms with Crippen molar-refractivity contribution < 1.29 is 4.43 Å². The lowest BCUT2D eigenvalue weighted by molar-refractivity contribution is 0.104. The van der Waals surface area contributed by atoms with E-state index in [-0.39, 0.29) is 5.60 Å². The van der Waals surface area contributed by atoms with Gasteiger partial charge in [0.15, 0.2) is 0 Å². The first kappa shape index (κ1) is 10.2. The maximum atomic E-state index is 5.63. The summed E-state index contributed by atoms with van der Waals surface area (Å²) in [6.07, 6.45) is 2.77. The number of hydrogen-bond acceptors (Lipinski definition) is 1. The van der Waals surface area contributed by atoms with Crippen molar-refractivity contribution in [3.8, 4) is 0 Å². The quantitative estimate of drug-likeness (QED) is 0.522. The first-order valence-electron chi connectivity index (χ1n) is 4.44. The minimum absolute atomic E-state index is 0.171. The van der Waals surface area contributed by atoms with Gasteiger partial charge in [-0.25, -0.2) is 0 Å². The van der Waals surface area contributed by atoms with Crippen LogP contribution in [0.25, 0.3) is 0 Å². The van der Waals surface area contributed by atoms with Crippen LogP contribution in [-0.4, -0.2) is 10.5 Å². The van der Waals surface area contributed by atoms with Crippen LogP contribution in [0, 0.1) is 0 Å². The molecule has 0 aliphatic carbocycles. The summed E-state index contributed by atoms with van der Waals surface area (Å²) < 4.78 is 5.63. The Hall–Kier alpha value is -0.863. The first-order valence-corrected chi connectivity index (χ1v) is 5.26. The molecule has 0 N–H and O–H groups in total. The van der Waals surface area contributed by atoms with E-state index in [2.05, 4.69) is 25.6 Å². The monoisotopic (exact) mass is 192 g/mol. The Kier molecular flexibility index (Phi) is 3.45. The van der Waals surface area contributed by atoms with Crippen LogP contribution in [-0.2, 0) is 10.0 Å². The summed E-state index contributed by atoms with van der Waals surface area (Å²) in [7, 11) is 0.748. The normalized spacial score (nSPS) is 15.2. The molecule has 0 saturated heterocycles. The molecule has 70 valence electrons. The maximum Gasteiger partial charge on any atom is 0.147 e. The van der Waals surface area contributed by atoms with Crippen LogP contribution in [0.4, 0.5) is 0 Å². The molecule has 2 heteroatoms. The predicted octanol–water partition coefficient (Wildman–Crippen LogP) is 1.77. The lowest BCUT2D eigenvalue weighted by atomic mass is 9.93. The van der Waals surface area contributed by atoms with Crippen LogP contribution in [0.3, 0.4) is 0 Å². The van der Waals surface area contributed by atoms with Gasteiger partial charge in [-0.2, -0.15) is 0 Å². The Morgan fingerprint density at radius 1 is 1.46 bits per heavy atom. The van der Waals surface area contributed by atoms with Crippen LogP contribution in [0.15, 0.2) is 43.0 Å². The lowest BCUT2D eigenvalue weighted by Gasteiger charge is -2.28. The topological polar surface area (TPSA) is 9.23 Å². The smallest absolute Gasteiger partial charge is 0.147 e. The highest BCUT2D eigenvalue weighted by Gasteiger charge is 2.22. The molecule has 0 aromatic heterocycles. The van der Waals surface area contributed by atoms with Crippen molar-refractivity contribution in [3.63, 3.8) is 0 Å². The molecular formula is C11H16OSi. The van der Waals surface area contributed by atoms with E-state index in [1.165, 1.54) is 5.56 Å². The molecule has 0 amide bonds. The van der Waals surface area contributed by atoms with Crippen molar-refractivity contribution in [3.05, 3.63) is 48.6 Å². The van der Waals surface area contributed by atoms with E-state index in [1.807, 2.05) is 24.3 Å². The van der Waals surface area contributed by atoms with Crippen molar-refractivity contribution in [2.75, 3.05) is 0 Å². The van der Waals surface area contributed by atoms with E-state index in [0.29, 0.717) is 0 Å². The van der Waals surface area contributed by atoms with Crippen molar-refractivity contribution in [1.29, 1.82) is 0 Å². The number of rotatable bonds is 4. The molecule has 1 atom stereocenters. The molecular weight excluding hydrogens is 176 g/mol. The second-order valence-electron chi connectivity index (χ2n) is 3.29. The van der Waals surface area contributed by atoms with E-state index >= 15 is 0 Å². The summed E-state index contributed by atoms with van der Waals surface area (Å²) in [4.78, 5) is 0. The first-order chi connectivity index (χ1) is 6.23. The summed E-state index contributed by atoms with van der Waals surface area (Å²) in [5.74, 6) is 0. The van der Waals surface area contributed by atoms with Gasteiger partial charge in [-0.1, -0.05) is 36.4 Å². The van der Waals surface area contributed by atoms with Gasteiger partial charge in [-0.3, -0.25) is 0 Å². The SMILES string of the molecule is C=CCC(C)(O[SiH3])c1ccccc1. The van der Waals surface area contributed by atoms with Crippen molar-refractivity contribution >= 4 is 10.5 Å². The van der Waals surface area contributed by atoms with E-state index in [9.17, 15) is 0 Å². The minimum Gasteiger partial charge on any atom is -0.418 e. The summed E-state index contributed by atoms with van der Waals surface area (Å²) >= 11 is 0. The van der Waals surface area contributed by atoms with E-state index < -0.39 is 0 Å². The highest BCUT2D eigenvalue weighted by Crippen LogP contribution is 2.27. The third-order valence-corrected chi connectivity index (χ3v) is 3.27. The molecule has 1 rings (SSSR count). The van der Waals surface area contributed by atoms with E-state index in [1.54, 1.807) is 0 Å². The Balaban J connectivity index is 2.95. The molecule has 0 heterocycles. The second-order valence-corrected chi connectivity index (χ2v) is 3.70. The molecule has 1 aromatic carbocycles. The van der Waals surface area contributed by atoms with Gasteiger partial charge in [0.25, 0.3) is 0 Å². The molecule has 0 spiro atoms. The van der Waals surface area contributed by atoms with Crippen LogP contribution in [0.5, 0.6) is 0 Å². The second kappa shape index (κ2) is 4.39. The third kappa shape index (κ3) is 2.29. The lowest BCUT2D eigenvalue weighted by Crippen LogP contribution is -2.23. The van der Waals surface area contributed by atoms with Gasteiger partial charge in [0.1, 0.15) is 10.5 Å². The van der Waals surface area contributed by atoms with E-state index in [4.69, 9.17) is 4.43 Å². The van der Waals surface area contributed by atoms with Crippen LogP contribution >= 0.6 is 0 Å². The standard InChI is InChI=1S/C11H16OSi/c1-3-9-11(2,12-13)10-7-5-4-6-8-10/h3-8H,1,9H2,2,13H3. The van der Waals surface area contributed by atoms with Gasteiger partial charge in [-0.15, -0.1) is 6.58 Å². The zero-order valence-electron chi connectivity index (χ0n) is 8.29. The number of hydrogen-bond donors (Lipinski definition) is 0. The van der Waals surface area contributed by atoms with E-state index in [0.717, 1.165) is 16.9 Å². The predicted molar refractivity (Wildman–Crippen MR) is 59.6 cm³/mol. The molecule has 0 aliphatic heterocycles. The minimum atomic E-state index is -0.171. The van der Waals surface area contributed by atoms with Crippen LogP contribution in [0.2, 0.25) is 0 Å². The molecule has 1 nitrogen and oxygen atoms in total. The largest absolute Gasteiger partial charge is 0.418 e. The molecule has 0 aliphatic rings. The summed E-state index contributed by atoms with van der Waals surface area (Å²) in [5.41, 5.74) is 1.06. The van der Waals surface area contributed by atoms with Gasteiger partial charge in [0.05, 0.1) is 5.60 Å². The Labute approximate surface area is 83.0 Å². The van der Waals surface area contributed by atoms with Gasteiger partial charge >= 0.3 is 0 Å². The zero-order chi connectivity index (χ0) is 9.73. The maximum absolute atomic E-state index is 5.63. The zero-order valence-corrected chi connectivity index (χ0v) is 10.3. The highest BCUT2D eigenvalue weighted by atomic mass is 28.2. The highest BCUT2D eigenvalue weighted by molar-refractivity contribution is 5.98. The Bertz CT molecular complexity index is 271. The van der Waals surface area contributed by atoms with Gasteiger partial charge < -0.3 is 4.43 Å². The van der Waals surface area contributed by atoms with Crippen LogP contribution in [0.1, 0.15) is 18.9 Å². The van der Waals surface area contributed by atoms with Crippen LogP contribution < -0.4 is 0 Å². The fourth-order valence-corrected chi connectivity index (χ4v) is 1.79.